The molecule has 0 saturated heterocycles. The molecule has 0 radical (unpaired) electrons. The lowest BCUT2D eigenvalue weighted by Crippen LogP contribution is -2.55. The van der Waals surface area contributed by atoms with Crippen LogP contribution in [0.25, 0.3) is 0 Å². The molecule has 5 aliphatic carbocycles. The van der Waals surface area contributed by atoms with Gasteiger partial charge in [0.15, 0.2) is 0 Å². The monoisotopic (exact) mass is 432 g/mol. The third-order valence-electron chi connectivity index (χ3n) is 12.6. The molecule has 5 fully saturated rings. The molecule has 0 heterocycles. The lowest BCUT2D eigenvalue weighted by molar-refractivity contribution is -0.133. The molecule has 10 atom stereocenters. The van der Waals surface area contributed by atoms with Crippen molar-refractivity contribution in [1.29, 1.82) is 0 Å². The summed E-state index contributed by atoms with van der Waals surface area (Å²) in [5.41, 5.74) is 1.04. The Hall–Kier alpha value is -0.120. The fourth-order valence-electron chi connectivity index (χ4n) is 10.6. The minimum Gasteiger partial charge on any atom is -0.393 e. The van der Waals surface area contributed by atoms with Gasteiger partial charge in [-0.3, -0.25) is 0 Å². The quantitative estimate of drug-likeness (QED) is 0.522. The van der Waals surface area contributed by atoms with Gasteiger partial charge in [-0.1, -0.05) is 20.8 Å². The predicted octanol–water partition coefficient (Wildman–Crippen LogP) is 5.70. The zero-order valence-corrected chi connectivity index (χ0v) is 20.8. The second-order valence-corrected chi connectivity index (χ2v) is 13.9. The van der Waals surface area contributed by atoms with E-state index in [1.165, 1.54) is 51.4 Å². The second-order valence-electron chi connectivity index (χ2n) is 13.9. The molecule has 2 spiro atoms. The van der Waals surface area contributed by atoms with Gasteiger partial charge in [0.2, 0.25) is 0 Å². The zero-order chi connectivity index (χ0) is 22.4. The first-order valence-corrected chi connectivity index (χ1v) is 13.5. The molecule has 3 heteroatoms. The normalized spacial score (nSPS) is 53.0. The topological polar surface area (TPSA) is 60.7 Å². The smallest absolute Gasteiger partial charge is 0.0849 e. The van der Waals surface area contributed by atoms with Crippen LogP contribution in [-0.4, -0.2) is 33.1 Å². The Morgan fingerprint density at radius 2 is 1.65 bits per heavy atom. The van der Waals surface area contributed by atoms with E-state index in [2.05, 4.69) is 20.8 Å². The highest BCUT2D eigenvalue weighted by atomic mass is 16.3. The summed E-state index contributed by atoms with van der Waals surface area (Å²) < 4.78 is 0. The van der Waals surface area contributed by atoms with Gasteiger partial charge in [-0.2, -0.15) is 0 Å². The van der Waals surface area contributed by atoms with Gasteiger partial charge in [0.1, 0.15) is 0 Å². The molecule has 0 unspecified atom stereocenters. The first-order chi connectivity index (χ1) is 14.4. The van der Waals surface area contributed by atoms with Gasteiger partial charge in [-0.05, 0) is 136 Å². The Bertz CT molecular complexity index is 714. The number of fused-ring (bicyclic) bond motifs is 2. The van der Waals surface area contributed by atoms with Crippen LogP contribution in [0, 0.1) is 45.3 Å². The summed E-state index contributed by atoms with van der Waals surface area (Å²) >= 11 is 0. The van der Waals surface area contributed by atoms with E-state index in [1.807, 2.05) is 0 Å². The largest absolute Gasteiger partial charge is 0.393 e. The molecule has 0 amide bonds. The molecule has 31 heavy (non-hydrogen) atoms. The third kappa shape index (κ3) is 2.94. The number of hydrogen-bond donors (Lipinski definition) is 3. The molecule has 0 aliphatic heterocycles. The number of aliphatic hydroxyl groups excluding tert-OH is 2. The third-order valence-corrected chi connectivity index (χ3v) is 12.6. The van der Waals surface area contributed by atoms with E-state index in [-0.39, 0.29) is 6.10 Å². The highest BCUT2D eigenvalue weighted by Gasteiger charge is 2.80. The maximum Gasteiger partial charge on any atom is 0.0849 e. The minimum absolute atomic E-state index is 0.0368. The number of hydrogen-bond acceptors (Lipinski definition) is 3. The standard InChI is InChI=1S/C28H48O3/c1-18(6-9-23(30)24(2,3)31)21-11-12-26(5)22-8-7-19-16-20(29)10-13-27(19)17-28(22,27)15-14-25(21,26)4/h18-23,29-31H,6-17H2,1-5H3/t18-,19+,20+,21-,22+,23-,25-,26+,27-,28+/m1/s1. The molecule has 3 nitrogen and oxygen atoms in total. The average Bonchev–Trinajstić information content (AvgIpc) is 3.28. The molecule has 178 valence electrons. The number of rotatable bonds is 5. The molecule has 0 aromatic carbocycles. The summed E-state index contributed by atoms with van der Waals surface area (Å²) in [6.07, 6.45) is 14.2. The fourth-order valence-corrected chi connectivity index (χ4v) is 10.6. The van der Waals surface area contributed by atoms with E-state index >= 15 is 0 Å². The van der Waals surface area contributed by atoms with E-state index in [1.54, 1.807) is 13.8 Å². The van der Waals surface area contributed by atoms with Gasteiger partial charge in [0.25, 0.3) is 0 Å². The summed E-state index contributed by atoms with van der Waals surface area (Å²) in [6.45, 7) is 11.2. The first-order valence-electron chi connectivity index (χ1n) is 13.5. The van der Waals surface area contributed by atoms with Crippen LogP contribution in [0.2, 0.25) is 0 Å². The van der Waals surface area contributed by atoms with Crippen LogP contribution < -0.4 is 0 Å². The Morgan fingerprint density at radius 3 is 2.35 bits per heavy atom. The molecular formula is C28H48O3. The van der Waals surface area contributed by atoms with Crippen molar-refractivity contribution in [1.82, 2.24) is 0 Å². The molecule has 3 N–H and O–H groups in total. The number of aliphatic hydroxyl groups is 3. The van der Waals surface area contributed by atoms with Crippen molar-refractivity contribution >= 4 is 0 Å². The van der Waals surface area contributed by atoms with Crippen molar-refractivity contribution in [3.8, 4) is 0 Å². The van der Waals surface area contributed by atoms with Gasteiger partial charge in [-0.25, -0.2) is 0 Å². The van der Waals surface area contributed by atoms with Crippen molar-refractivity contribution in [3.05, 3.63) is 0 Å². The molecular weight excluding hydrogens is 384 g/mol. The van der Waals surface area contributed by atoms with E-state index < -0.39 is 11.7 Å². The van der Waals surface area contributed by atoms with Gasteiger partial charge >= 0.3 is 0 Å². The Balaban J connectivity index is 1.34. The summed E-state index contributed by atoms with van der Waals surface area (Å²) in [4.78, 5) is 0. The van der Waals surface area contributed by atoms with Gasteiger partial charge in [0.05, 0.1) is 17.8 Å². The SMILES string of the molecule is C[C@H](CC[C@@H](O)C(C)(C)O)[C@H]1CC[C@@]2(C)[C@@H]3CC[C@H]4C[C@@H](O)CC[C@@]45C[C@@]35CC[C@]12C. The first kappa shape index (κ1) is 22.7. The minimum atomic E-state index is -1.00. The Labute approximate surface area is 190 Å². The summed E-state index contributed by atoms with van der Waals surface area (Å²) in [7, 11) is 0. The van der Waals surface area contributed by atoms with Crippen molar-refractivity contribution < 1.29 is 15.3 Å². The molecule has 0 aromatic heterocycles. The van der Waals surface area contributed by atoms with Crippen molar-refractivity contribution in [3.63, 3.8) is 0 Å². The van der Waals surface area contributed by atoms with Crippen LogP contribution in [0.5, 0.6) is 0 Å². The highest BCUT2D eigenvalue weighted by molar-refractivity contribution is 5.29. The Kier molecular flexibility index (Phi) is 5.08. The van der Waals surface area contributed by atoms with Crippen LogP contribution in [0.3, 0.4) is 0 Å². The zero-order valence-electron chi connectivity index (χ0n) is 20.8. The van der Waals surface area contributed by atoms with E-state index in [9.17, 15) is 15.3 Å². The lowest BCUT2D eigenvalue weighted by Gasteiger charge is -2.61. The fraction of sp³-hybridized carbons (Fsp3) is 1.00. The van der Waals surface area contributed by atoms with Gasteiger partial charge in [-0.15, -0.1) is 0 Å². The molecule has 5 aliphatic rings. The molecule has 0 bridgehead atoms. The van der Waals surface area contributed by atoms with E-state index in [0.29, 0.717) is 34.0 Å². The maximum absolute atomic E-state index is 10.4. The maximum atomic E-state index is 10.4. The van der Waals surface area contributed by atoms with Crippen LogP contribution in [0.1, 0.15) is 112 Å². The van der Waals surface area contributed by atoms with E-state index in [0.717, 1.165) is 37.0 Å². The van der Waals surface area contributed by atoms with Crippen LogP contribution in [0.4, 0.5) is 0 Å². The van der Waals surface area contributed by atoms with Gasteiger partial charge in [0, 0.05) is 0 Å². The van der Waals surface area contributed by atoms with Crippen molar-refractivity contribution in [2.24, 2.45) is 45.3 Å². The second kappa shape index (κ2) is 6.95. The van der Waals surface area contributed by atoms with Crippen LogP contribution in [0.15, 0.2) is 0 Å². The molecule has 5 saturated carbocycles. The van der Waals surface area contributed by atoms with E-state index in [4.69, 9.17) is 0 Å². The van der Waals surface area contributed by atoms with Crippen molar-refractivity contribution in [2.75, 3.05) is 0 Å². The van der Waals surface area contributed by atoms with Crippen LogP contribution >= 0.6 is 0 Å². The average molecular weight is 433 g/mol. The highest BCUT2D eigenvalue weighted by Crippen LogP contribution is 2.87. The Morgan fingerprint density at radius 1 is 0.903 bits per heavy atom. The lowest BCUT2D eigenvalue weighted by atomic mass is 9.43. The molecule has 0 aromatic rings. The summed E-state index contributed by atoms with van der Waals surface area (Å²) in [5, 5.41) is 30.8. The van der Waals surface area contributed by atoms with Crippen LogP contribution in [-0.2, 0) is 0 Å². The predicted molar refractivity (Wildman–Crippen MR) is 124 cm³/mol. The van der Waals surface area contributed by atoms with Crippen molar-refractivity contribution in [2.45, 2.75) is 129 Å². The van der Waals surface area contributed by atoms with Gasteiger partial charge < -0.3 is 15.3 Å². The summed E-state index contributed by atoms with van der Waals surface area (Å²) in [5.74, 6) is 3.01. The molecule has 5 rings (SSSR count). The summed E-state index contributed by atoms with van der Waals surface area (Å²) in [6, 6.07) is 0.